The number of carboxylic acids is 1. The number of aryl methyl sites for hydroxylation is 1. The normalized spacial score (nSPS) is 13.8. The largest absolute Gasteiger partial charge is 0.493 e. The van der Waals surface area contributed by atoms with Gasteiger partial charge in [-0.2, -0.15) is 0 Å². The molecule has 2 aromatic carbocycles. The lowest BCUT2D eigenvalue weighted by molar-refractivity contribution is -0.137. The summed E-state index contributed by atoms with van der Waals surface area (Å²) in [5, 5.41) is 9.03. The molecule has 2 N–H and O–H groups in total. The molecule has 1 fully saturated rings. The average molecular weight is 481 g/mol. The van der Waals surface area contributed by atoms with Gasteiger partial charge in [0.25, 0.3) is 15.9 Å². The van der Waals surface area contributed by atoms with E-state index in [2.05, 4.69) is 4.72 Å². The second-order valence-electron chi connectivity index (χ2n) is 7.57. The van der Waals surface area contributed by atoms with E-state index in [0.717, 1.165) is 12.8 Å². The molecule has 0 aromatic heterocycles. The molecule has 10 heteroatoms. The number of benzene rings is 2. The van der Waals surface area contributed by atoms with Gasteiger partial charge in [0.05, 0.1) is 22.8 Å². The van der Waals surface area contributed by atoms with Crippen molar-refractivity contribution in [3.8, 4) is 5.75 Å². The highest BCUT2D eigenvalue weighted by Crippen LogP contribution is 2.28. The SMILES string of the molecule is Cc1cc(S(=O)(=O)Nc2ccc(Cl)cc2C(=O)N2CCCC2)ccc1OCCCC(=O)O. The summed E-state index contributed by atoms with van der Waals surface area (Å²) in [5.41, 5.74) is 0.962. The minimum Gasteiger partial charge on any atom is -0.493 e. The Morgan fingerprint density at radius 1 is 1.16 bits per heavy atom. The zero-order valence-electron chi connectivity index (χ0n) is 17.6. The van der Waals surface area contributed by atoms with Crippen molar-refractivity contribution in [1.29, 1.82) is 0 Å². The molecule has 0 radical (unpaired) electrons. The summed E-state index contributed by atoms with van der Waals surface area (Å²) in [6, 6.07) is 8.88. The van der Waals surface area contributed by atoms with Gasteiger partial charge in [0, 0.05) is 24.5 Å². The van der Waals surface area contributed by atoms with Gasteiger partial charge in [0.15, 0.2) is 0 Å². The van der Waals surface area contributed by atoms with E-state index in [0.29, 0.717) is 35.8 Å². The van der Waals surface area contributed by atoms with E-state index in [1.54, 1.807) is 11.8 Å². The fourth-order valence-corrected chi connectivity index (χ4v) is 4.77. The fourth-order valence-electron chi connectivity index (χ4n) is 3.43. The first-order valence-corrected chi connectivity index (χ1v) is 12.1. The Morgan fingerprint density at radius 2 is 1.88 bits per heavy atom. The molecular weight excluding hydrogens is 456 g/mol. The number of aliphatic carboxylic acids is 1. The maximum atomic E-state index is 13.0. The number of nitrogens with zero attached hydrogens (tertiary/aromatic N) is 1. The van der Waals surface area contributed by atoms with E-state index < -0.39 is 16.0 Å². The number of hydrogen-bond donors (Lipinski definition) is 2. The summed E-state index contributed by atoms with van der Waals surface area (Å²) in [7, 11) is -3.98. The number of rotatable bonds is 9. The van der Waals surface area contributed by atoms with Gasteiger partial charge >= 0.3 is 5.97 Å². The molecule has 0 unspecified atom stereocenters. The van der Waals surface area contributed by atoms with Crippen molar-refractivity contribution in [2.75, 3.05) is 24.4 Å². The van der Waals surface area contributed by atoms with E-state index in [-0.39, 0.29) is 35.1 Å². The Balaban J connectivity index is 1.78. The lowest BCUT2D eigenvalue weighted by Gasteiger charge is -2.19. The van der Waals surface area contributed by atoms with Crippen LogP contribution in [0.4, 0.5) is 5.69 Å². The van der Waals surface area contributed by atoms with Crippen molar-refractivity contribution in [3.05, 3.63) is 52.5 Å². The molecule has 2 aromatic rings. The Labute approximate surface area is 192 Å². The van der Waals surface area contributed by atoms with Crippen LogP contribution in [-0.2, 0) is 14.8 Å². The number of carboxylic acid groups (broad SMARTS) is 1. The summed E-state index contributed by atoms with van der Waals surface area (Å²) in [6.45, 7) is 3.18. The molecule has 0 spiro atoms. The number of carbonyl (C=O) groups is 2. The number of halogens is 1. The fraction of sp³-hybridized carbons (Fsp3) is 0.364. The molecular formula is C22H25ClN2O6S. The van der Waals surface area contributed by atoms with Crippen LogP contribution in [0.1, 0.15) is 41.6 Å². The molecule has 0 aliphatic carbocycles. The second kappa shape index (κ2) is 10.2. The smallest absolute Gasteiger partial charge is 0.303 e. The number of hydrogen-bond acceptors (Lipinski definition) is 5. The molecule has 1 aliphatic rings. The maximum absolute atomic E-state index is 13.0. The van der Waals surface area contributed by atoms with Gasteiger partial charge in [0.2, 0.25) is 0 Å². The van der Waals surface area contributed by atoms with Gasteiger partial charge in [-0.3, -0.25) is 14.3 Å². The van der Waals surface area contributed by atoms with Crippen molar-refractivity contribution in [1.82, 2.24) is 4.90 Å². The summed E-state index contributed by atoms with van der Waals surface area (Å²) in [4.78, 5) is 25.2. The zero-order chi connectivity index (χ0) is 23.3. The molecule has 172 valence electrons. The Hall–Kier alpha value is -2.78. The van der Waals surface area contributed by atoms with Gasteiger partial charge in [-0.1, -0.05) is 11.6 Å². The third-order valence-electron chi connectivity index (χ3n) is 5.10. The molecule has 0 atom stereocenters. The Bertz CT molecular complexity index is 1110. The summed E-state index contributed by atoms with van der Waals surface area (Å²) in [6.07, 6.45) is 2.17. The van der Waals surface area contributed by atoms with Crippen molar-refractivity contribution in [2.45, 2.75) is 37.5 Å². The van der Waals surface area contributed by atoms with Crippen LogP contribution in [0.2, 0.25) is 5.02 Å². The van der Waals surface area contributed by atoms with E-state index in [1.807, 2.05) is 0 Å². The van der Waals surface area contributed by atoms with Crippen LogP contribution in [0, 0.1) is 6.92 Å². The van der Waals surface area contributed by atoms with Crippen molar-refractivity contribution >= 4 is 39.2 Å². The van der Waals surface area contributed by atoms with Crippen LogP contribution >= 0.6 is 11.6 Å². The summed E-state index contributed by atoms with van der Waals surface area (Å²) >= 11 is 6.07. The van der Waals surface area contributed by atoms with E-state index in [1.165, 1.54) is 36.4 Å². The zero-order valence-corrected chi connectivity index (χ0v) is 19.2. The maximum Gasteiger partial charge on any atom is 0.303 e. The van der Waals surface area contributed by atoms with Crippen LogP contribution in [0.25, 0.3) is 0 Å². The second-order valence-corrected chi connectivity index (χ2v) is 9.69. The van der Waals surface area contributed by atoms with Gasteiger partial charge in [-0.25, -0.2) is 8.42 Å². The van der Waals surface area contributed by atoms with Crippen LogP contribution in [0.3, 0.4) is 0 Å². The van der Waals surface area contributed by atoms with Gasteiger partial charge < -0.3 is 14.7 Å². The topological polar surface area (TPSA) is 113 Å². The number of nitrogens with one attached hydrogen (secondary N) is 1. The number of amides is 1. The molecule has 1 amide bonds. The molecule has 0 saturated carbocycles. The minimum atomic E-state index is -3.98. The molecule has 0 bridgehead atoms. The highest BCUT2D eigenvalue weighted by Gasteiger charge is 2.25. The Kier molecular flexibility index (Phi) is 7.63. The van der Waals surface area contributed by atoms with Crippen molar-refractivity contribution in [2.24, 2.45) is 0 Å². The van der Waals surface area contributed by atoms with Crippen LogP contribution in [0.5, 0.6) is 5.75 Å². The molecule has 32 heavy (non-hydrogen) atoms. The van der Waals surface area contributed by atoms with Gasteiger partial charge in [-0.15, -0.1) is 0 Å². The van der Waals surface area contributed by atoms with Gasteiger partial charge in [-0.05, 0) is 68.1 Å². The predicted octanol–water partition coefficient (Wildman–Crippen LogP) is 3.93. The first-order chi connectivity index (χ1) is 15.2. The monoisotopic (exact) mass is 480 g/mol. The minimum absolute atomic E-state index is 0.00496. The number of carbonyl (C=O) groups excluding carboxylic acids is 1. The lowest BCUT2D eigenvalue weighted by Crippen LogP contribution is -2.29. The first kappa shape index (κ1) is 23.9. The summed E-state index contributed by atoms with van der Waals surface area (Å²) < 4.78 is 34.1. The quantitative estimate of drug-likeness (QED) is 0.526. The molecule has 3 rings (SSSR count). The highest BCUT2D eigenvalue weighted by molar-refractivity contribution is 7.92. The van der Waals surface area contributed by atoms with Crippen LogP contribution in [0.15, 0.2) is 41.3 Å². The van der Waals surface area contributed by atoms with Crippen LogP contribution < -0.4 is 9.46 Å². The van der Waals surface area contributed by atoms with E-state index in [4.69, 9.17) is 21.4 Å². The molecule has 1 aliphatic heterocycles. The molecule has 8 nitrogen and oxygen atoms in total. The number of likely N-dealkylation sites (tertiary alicyclic amines) is 1. The average Bonchev–Trinajstić information content (AvgIpc) is 3.27. The van der Waals surface area contributed by atoms with Crippen molar-refractivity contribution in [3.63, 3.8) is 0 Å². The highest BCUT2D eigenvalue weighted by atomic mass is 35.5. The van der Waals surface area contributed by atoms with E-state index >= 15 is 0 Å². The standard InChI is InChI=1S/C22H25ClN2O6S/c1-15-13-17(7-9-20(15)31-12-4-5-21(26)27)32(29,30)24-19-8-6-16(23)14-18(19)22(28)25-10-2-3-11-25/h6-9,13-14,24H,2-5,10-12H2,1H3,(H,26,27). The molecule has 1 saturated heterocycles. The number of anilines is 1. The van der Waals surface area contributed by atoms with Crippen molar-refractivity contribution < 1.29 is 27.9 Å². The van der Waals surface area contributed by atoms with E-state index in [9.17, 15) is 18.0 Å². The van der Waals surface area contributed by atoms with Gasteiger partial charge in [0.1, 0.15) is 5.75 Å². The number of sulfonamides is 1. The third kappa shape index (κ3) is 5.92. The van der Waals surface area contributed by atoms with Crippen LogP contribution in [-0.4, -0.2) is 50.0 Å². The number of ether oxygens (including phenoxy) is 1. The Morgan fingerprint density at radius 3 is 2.53 bits per heavy atom. The molecule has 1 heterocycles. The third-order valence-corrected chi connectivity index (χ3v) is 6.70. The predicted molar refractivity (Wildman–Crippen MR) is 121 cm³/mol. The lowest BCUT2D eigenvalue weighted by atomic mass is 10.1. The first-order valence-electron chi connectivity index (χ1n) is 10.2. The summed E-state index contributed by atoms with van der Waals surface area (Å²) in [5.74, 6) is -0.683.